The standard InChI is InChI=1S/C30H33ClN6O6S3/c1-3-35(4-2)45(39,40)24-12-8-9-22(19-24)29-33-34-30(37(29)23-10-6-5-7-11-23)44-21-28(38)32-27-20-25(13-14-26(27)31)46(41,42)36-15-17-43-18-16-36/h5-14,19-20H,3-4,15-18,21H2,1-2H3,(H,32,38). The number of nitrogens with one attached hydrogen (secondary N) is 1. The molecule has 1 amide bonds. The number of nitrogens with zero attached hydrogens (tertiary/aromatic N) is 5. The summed E-state index contributed by atoms with van der Waals surface area (Å²) in [6.45, 7) is 5.35. The number of benzene rings is 3. The van der Waals surface area contributed by atoms with E-state index in [1.165, 1.54) is 26.8 Å². The Bertz CT molecular complexity index is 1910. The van der Waals surface area contributed by atoms with E-state index in [1.54, 1.807) is 42.7 Å². The summed E-state index contributed by atoms with van der Waals surface area (Å²) in [5.41, 5.74) is 1.41. The Morgan fingerprint density at radius 1 is 0.935 bits per heavy atom. The molecule has 244 valence electrons. The molecule has 5 rings (SSSR count). The van der Waals surface area contributed by atoms with Crippen molar-refractivity contribution in [3.8, 4) is 17.1 Å². The van der Waals surface area contributed by atoms with Crippen LogP contribution in [-0.4, -0.2) is 91.3 Å². The van der Waals surface area contributed by atoms with E-state index in [-0.39, 0.29) is 39.3 Å². The fraction of sp³-hybridized carbons (Fsp3) is 0.300. The van der Waals surface area contributed by atoms with E-state index in [0.717, 1.165) is 11.8 Å². The number of sulfonamides is 2. The van der Waals surface area contributed by atoms with Crippen molar-refractivity contribution in [3.63, 3.8) is 0 Å². The molecule has 0 spiro atoms. The molecule has 1 saturated heterocycles. The van der Waals surface area contributed by atoms with Crippen LogP contribution in [0.1, 0.15) is 13.8 Å². The number of rotatable bonds is 12. The maximum Gasteiger partial charge on any atom is 0.243 e. The maximum atomic E-state index is 13.2. The first kappa shape index (κ1) is 34.0. The maximum absolute atomic E-state index is 13.2. The van der Waals surface area contributed by atoms with Crippen LogP contribution in [-0.2, 0) is 29.6 Å². The Morgan fingerprint density at radius 2 is 1.65 bits per heavy atom. The molecule has 0 bridgehead atoms. The molecule has 1 fully saturated rings. The Hall–Kier alpha value is -3.31. The molecule has 1 aromatic heterocycles. The van der Waals surface area contributed by atoms with Crippen LogP contribution in [0.15, 0.2) is 87.7 Å². The number of para-hydroxylation sites is 1. The zero-order valence-electron chi connectivity index (χ0n) is 25.2. The van der Waals surface area contributed by atoms with Gasteiger partial charge in [-0.25, -0.2) is 16.8 Å². The highest BCUT2D eigenvalue weighted by molar-refractivity contribution is 7.99. The number of thioether (sulfide) groups is 1. The third-order valence-electron chi connectivity index (χ3n) is 7.24. The minimum Gasteiger partial charge on any atom is -0.379 e. The number of amides is 1. The Labute approximate surface area is 277 Å². The molecule has 1 aliphatic rings. The van der Waals surface area contributed by atoms with E-state index in [2.05, 4.69) is 15.5 Å². The summed E-state index contributed by atoms with van der Waals surface area (Å²) in [5, 5.41) is 12.0. The Balaban J connectivity index is 1.39. The largest absolute Gasteiger partial charge is 0.379 e. The summed E-state index contributed by atoms with van der Waals surface area (Å²) in [6, 6.07) is 20.0. The average molecular weight is 705 g/mol. The third kappa shape index (κ3) is 7.30. The van der Waals surface area contributed by atoms with E-state index < -0.39 is 26.0 Å². The fourth-order valence-corrected chi connectivity index (χ4v) is 8.74. The molecule has 1 N–H and O–H groups in total. The first-order valence-corrected chi connectivity index (χ1v) is 18.7. The molecule has 0 atom stereocenters. The predicted octanol–water partition coefficient (Wildman–Crippen LogP) is 4.37. The second-order valence-corrected chi connectivity index (χ2v) is 15.3. The van der Waals surface area contributed by atoms with Crippen molar-refractivity contribution in [2.75, 3.05) is 50.5 Å². The predicted molar refractivity (Wildman–Crippen MR) is 177 cm³/mol. The molecule has 0 radical (unpaired) electrons. The van der Waals surface area contributed by atoms with Crippen LogP contribution in [0.2, 0.25) is 5.02 Å². The lowest BCUT2D eigenvalue weighted by atomic mass is 10.2. The highest BCUT2D eigenvalue weighted by Gasteiger charge is 2.28. The number of halogens is 1. The normalized spacial score (nSPS) is 14.4. The van der Waals surface area contributed by atoms with E-state index in [4.69, 9.17) is 16.3 Å². The number of hydrogen-bond donors (Lipinski definition) is 1. The van der Waals surface area contributed by atoms with Crippen molar-refractivity contribution >= 4 is 55.0 Å². The van der Waals surface area contributed by atoms with Gasteiger partial charge in [0.1, 0.15) is 0 Å². The summed E-state index contributed by atoms with van der Waals surface area (Å²) in [5.74, 6) is -0.142. The van der Waals surface area contributed by atoms with Crippen LogP contribution in [0, 0.1) is 0 Å². The highest BCUT2D eigenvalue weighted by Crippen LogP contribution is 2.31. The van der Waals surface area contributed by atoms with Crippen LogP contribution in [0.25, 0.3) is 17.1 Å². The van der Waals surface area contributed by atoms with Crippen LogP contribution in [0.4, 0.5) is 5.69 Å². The van der Waals surface area contributed by atoms with Crippen molar-refractivity contribution in [3.05, 3.63) is 77.8 Å². The van der Waals surface area contributed by atoms with Gasteiger partial charge in [-0.1, -0.05) is 67.5 Å². The van der Waals surface area contributed by atoms with Gasteiger partial charge in [-0.05, 0) is 42.5 Å². The van der Waals surface area contributed by atoms with Crippen LogP contribution in [0.3, 0.4) is 0 Å². The Morgan fingerprint density at radius 3 is 2.35 bits per heavy atom. The molecular weight excluding hydrogens is 672 g/mol. The van der Waals surface area contributed by atoms with Crippen molar-refractivity contribution in [1.29, 1.82) is 0 Å². The van der Waals surface area contributed by atoms with Gasteiger partial charge in [-0.15, -0.1) is 10.2 Å². The van der Waals surface area contributed by atoms with Crippen molar-refractivity contribution in [2.24, 2.45) is 0 Å². The van der Waals surface area contributed by atoms with Gasteiger partial charge in [0, 0.05) is 37.4 Å². The minimum absolute atomic E-state index is 0.0143. The van der Waals surface area contributed by atoms with E-state index in [1.807, 2.05) is 30.3 Å². The lowest BCUT2D eigenvalue weighted by Crippen LogP contribution is -2.40. The number of morpholine rings is 1. The summed E-state index contributed by atoms with van der Waals surface area (Å²) in [6.07, 6.45) is 0. The molecule has 0 saturated carbocycles. The van der Waals surface area contributed by atoms with Gasteiger partial charge in [0.05, 0.1) is 39.5 Å². The number of carbonyl (C=O) groups is 1. The minimum atomic E-state index is -3.80. The summed E-state index contributed by atoms with van der Waals surface area (Å²) in [7, 11) is -7.51. The summed E-state index contributed by atoms with van der Waals surface area (Å²) in [4.78, 5) is 13.3. The SMILES string of the molecule is CCN(CC)S(=O)(=O)c1cccc(-c2nnc(SCC(=O)Nc3cc(S(=O)(=O)N4CCOCC4)ccc3Cl)n2-c2ccccc2)c1. The third-order valence-corrected chi connectivity index (χ3v) is 12.4. The Kier molecular flexibility index (Phi) is 10.8. The van der Waals surface area contributed by atoms with Crippen molar-refractivity contribution < 1.29 is 26.4 Å². The van der Waals surface area contributed by atoms with Gasteiger partial charge >= 0.3 is 0 Å². The quantitative estimate of drug-likeness (QED) is 0.213. The van der Waals surface area contributed by atoms with Gasteiger partial charge in [-0.3, -0.25) is 9.36 Å². The molecular formula is C30H33ClN6O6S3. The number of carbonyl (C=O) groups excluding carboxylic acids is 1. The molecule has 46 heavy (non-hydrogen) atoms. The molecule has 0 aliphatic carbocycles. The van der Waals surface area contributed by atoms with E-state index in [0.29, 0.717) is 48.5 Å². The van der Waals surface area contributed by atoms with Gasteiger partial charge < -0.3 is 10.1 Å². The lowest BCUT2D eigenvalue weighted by Gasteiger charge is -2.26. The second-order valence-electron chi connectivity index (χ2n) is 10.1. The highest BCUT2D eigenvalue weighted by atomic mass is 35.5. The molecule has 3 aromatic carbocycles. The summed E-state index contributed by atoms with van der Waals surface area (Å²) < 4.78 is 62.5. The first-order chi connectivity index (χ1) is 22.1. The van der Waals surface area contributed by atoms with Crippen LogP contribution in [0.5, 0.6) is 0 Å². The number of aromatic nitrogens is 3. The summed E-state index contributed by atoms with van der Waals surface area (Å²) >= 11 is 7.44. The molecule has 1 aliphatic heterocycles. The van der Waals surface area contributed by atoms with Gasteiger partial charge in [0.25, 0.3) is 0 Å². The van der Waals surface area contributed by atoms with E-state index in [9.17, 15) is 21.6 Å². The molecule has 16 heteroatoms. The monoisotopic (exact) mass is 704 g/mol. The molecule has 12 nitrogen and oxygen atoms in total. The van der Waals surface area contributed by atoms with Gasteiger partial charge in [0.15, 0.2) is 11.0 Å². The van der Waals surface area contributed by atoms with Crippen molar-refractivity contribution in [2.45, 2.75) is 28.8 Å². The van der Waals surface area contributed by atoms with Crippen LogP contribution < -0.4 is 5.32 Å². The zero-order chi connectivity index (χ0) is 32.9. The van der Waals surface area contributed by atoms with Crippen LogP contribution >= 0.6 is 23.4 Å². The molecule has 0 unspecified atom stereocenters. The number of anilines is 1. The first-order valence-electron chi connectivity index (χ1n) is 14.5. The van der Waals surface area contributed by atoms with Crippen molar-refractivity contribution in [1.82, 2.24) is 23.4 Å². The average Bonchev–Trinajstić information content (AvgIpc) is 3.50. The second kappa shape index (κ2) is 14.6. The van der Waals surface area contributed by atoms with Gasteiger partial charge in [0.2, 0.25) is 26.0 Å². The molecule has 2 heterocycles. The smallest absolute Gasteiger partial charge is 0.243 e. The van der Waals surface area contributed by atoms with E-state index >= 15 is 0 Å². The zero-order valence-corrected chi connectivity index (χ0v) is 28.4. The number of ether oxygens (including phenoxy) is 1. The molecule has 4 aromatic rings. The lowest BCUT2D eigenvalue weighted by molar-refractivity contribution is -0.113. The fourth-order valence-electron chi connectivity index (χ4n) is 4.88. The number of hydrogen-bond acceptors (Lipinski definition) is 9. The van der Waals surface area contributed by atoms with Gasteiger partial charge in [-0.2, -0.15) is 8.61 Å². The topological polar surface area (TPSA) is 144 Å².